The summed E-state index contributed by atoms with van der Waals surface area (Å²) in [7, 11) is 0. The summed E-state index contributed by atoms with van der Waals surface area (Å²) in [5.41, 5.74) is 0. The van der Waals surface area contributed by atoms with Crippen LogP contribution in [0.2, 0.25) is 0 Å². The molecule has 0 radical (unpaired) electrons. The quantitative estimate of drug-likeness (QED) is 0.764. The van der Waals surface area contributed by atoms with Crippen molar-refractivity contribution < 1.29 is 19.1 Å². The molecule has 0 unspecified atom stereocenters. The average Bonchev–Trinajstić information content (AvgIpc) is 3.14. The first kappa shape index (κ1) is 18.4. The first-order valence-electron chi connectivity index (χ1n) is 8.38. The van der Waals surface area contributed by atoms with Crippen LogP contribution in [0.3, 0.4) is 0 Å². The molecule has 0 spiro atoms. The van der Waals surface area contributed by atoms with Crippen LogP contribution >= 0.6 is 11.3 Å². The maximum atomic E-state index is 12.3. The zero-order chi connectivity index (χ0) is 17.4. The SMILES string of the molecule is CCN(C(=O)COC(=O)CNC(=O)c1cccs1)C1CCCCC1. The molecule has 1 aliphatic carbocycles. The van der Waals surface area contributed by atoms with Crippen molar-refractivity contribution in [2.75, 3.05) is 19.7 Å². The monoisotopic (exact) mass is 352 g/mol. The summed E-state index contributed by atoms with van der Waals surface area (Å²) in [4.78, 5) is 38.0. The lowest BCUT2D eigenvalue weighted by atomic mass is 9.94. The van der Waals surface area contributed by atoms with E-state index in [4.69, 9.17) is 4.74 Å². The Labute approximate surface area is 146 Å². The van der Waals surface area contributed by atoms with E-state index in [-0.39, 0.29) is 31.0 Å². The zero-order valence-corrected chi connectivity index (χ0v) is 14.8. The van der Waals surface area contributed by atoms with Gasteiger partial charge in [0.05, 0.1) is 4.88 Å². The molecule has 1 fully saturated rings. The first-order valence-corrected chi connectivity index (χ1v) is 9.26. The van der Waals surface area contributed by atoms with E-state index in [1.54, 1.807) is 22.4 Å². The number of likely N-dealkylation sites (N-methyl/N-ethyl adjacent to an activating group) is 1. The van der Waals surface area contributed by atoms with E-state index in [9.17, 15) is 14.4 Å². The van der Waals surface area contributed by atoms with E-state index in [1.807, 2.05) is 6.92 Å². The van der Waals surface area contributed by atoms with Gasteiger partial charge in [-0.15, -0.1) is 11.3 Å². The second-order valence-corrected chi connectivity index (χ2v) is 6.74. The predicted octanol–water partition coefficient (Wildman–Crippen LogP) is 2.20. The van der Waals surface area contributed by atoms with E-state index in [0.717, 1.165) is 25.7 Å². The van der Waals surface area contributed by atoms with E-state index in [0.29, 0.717) is 11.4 Å². The topological polar surface area (TPSA) is 75.7 Å². The van der Waals surface area contributed by atoms with E-state index in [1.165, 1.54) is 17.8 Å². The number of thiophene rings is 1. The Morgan fingerprint density at radius 2 is 2.04 bits per heavy atom. The van der Waals surface area contributed by atoms with Crippen LogP contribution in [0.1, 0.15) is 48.7 Å². The molecular weight excluding hydrogens is 328 g/mol. The van der Waals surface area contributed by atoms with Crippen LogP contribution in [0.4, 0.5) is 0 Å². The molecule has 0 aromatic carbocycles. The Morgan fingerprint density at radius 1 is 1.29 bits per heavy atom. The van der Waals surface area contributed by atoms with Gasteiger partial charge in [-0.2, -0.15) is 0 Å². The minimum Gasteiger partial charge on any atom is -0.454 e. The molecule has 132 valence electrons. The molecule has 1 aromatic heterocycles. The van der Waals surface area contributed by atoms with Gasteiger partial charge in [0, 0.05) is 12.6 Å². The van der Waals surface area contributed by atoms with E-state index in [2.05, 4.69) is 5.32 Å². The maximum absolute atomic E-state index is 12.3. The summed E-state index contributed by atoms with van der Waals surface area (Å²) in [6.45, 7) is 2.06. The number of carbonyl (C=O) groups is 3. The van der Waals surface area contributed by atoms with Crippen LogP contribution in [0.15, 0.2) is 17.5 Å². The Morgan fingerprint density at radius 3 is 2.67 bits per heavy atom. The lowest BCUT2D eigenvalue weighted by Gasteiger charge is -2.33. The molecule has 1 N–H and O–H groups in total. The average molecular weight is 352 g/mol. The van der Waals surface area contributed by atoms with Crippen LogP contribution in [0.25, 0.3) is 0 Å². The fraction of sp³-hybridized carbons (Fsp3) is 0.588. The Bertz CT molecular complexity index is 553. The lowest BCUT2D eigenvalue weighted by molar-refractivity contribution is -0.152. The van der Waals surface area contributed by atoms with Gasteiger partial charge >= 0.3 is 5.97 Å². The fourth-order valence-electron chi connectivity index (χ4n) is 2.95. The van der Waals surface area contributed by atoms with Crippen molar-refractivity contribution in [2.45, 2.75) is 45.1 Å². The number of nitrogens with one attached hydrogen (secondary N) is 1. The van der Waals surface area contributed by atoms with Gasteiger partial charge in [-0.1, -0.05) is 25.3 Å². The highest BCUT2D eigenvalue weighted by molar-refractivity contribution is 7.12. The Hall–Kier alpha value is -1.89. The van der Waals surface area contributed by atoms with E-state index >= 15 is 0 Å². The number of carbonyl (C=O) groups excluding carboxylic acids is 3. The van der Waals surface area contributed by atoms with Crippen molar-refractivity contribution in [1.29, 1.82) is 0 Å². The molecule has 1 heterocycles. The van der Waals surface area contributed by atoms with Crippen LogP contribution in [0, 0.1) is 0 Å². The van der Waals surface area contributed by atoms with Crippen molar-refractivity contribution in [1.82, 2.24) is 10.2 Å². The Kier molecular flexibility index (Phi) is 7.24. The number of esters is 1. The van der Waals surface area contributed by atoms with Crippen LogP contribution in [0.5, 0.6) is 0 Å². The molecule has 2 rings (SSSR count). The second kappa shape index (κ2) is 9.42. The number of hydrogen-bond donors (Lipinski definition) is 1. The summed E-state index contributed by atoms with van der Waals surface area (Å²) in [5, 5.41) is 4.28. The summed E-state index contributed by atoms with van der Waals surface area (Å²) < 4.78 is 5.00. The molecule has 0 atom stereocenters. The molecule has 1 saturated carbocycles. The summed E-state index contributed by atoms with van der Waals surface area (Å²) in [6.07, 6.45) is 5.54. The summed E-state index contributed by atoms with van der Waals surface area (Å²) in [6, 6.07) is 3.70. The number of ether oxygens (including phenoxy) is 1. The van der Waals surface area contributed by atoms with Crippen LogP contribution in [-0.2, 0) is 14.3 Å². The van der Waals surface area contributed by atoms with Gasteiger partial charge in [-0.05, 0) is 31.2 Å². The molecular formula is C17H24N2O4S. The van der Waals surface area contributed by atoms with E-state index < -0.39 is 5.97 Å². The van der Waals surface area contributed by atoms with Gasteiger partial charge in [-0.25, -0.2) is 0 Å². The van der Waals surface area contributed by atoms with Crippen molar-refractivity contribution in [2.24, 2.45) is 0 Å². The third-order valence-corrected chi connectivity index (χ3v) is 5.04. The summed E-state index contributed by atoms with van der Waals surface area (Å²) in [5.74, 6) is -1.08. The fourth-order valence-corrected chi connectivity index (χ4v) is 3.59. The van der Waals surface area contributed by atoms with Crippen molar-refractivity contribution in [3.8, 4) is 0 Å². The van der Waals surface area contributed by atoms with Crippen molar-refractivity contribution in [3.63, 3.8) is 0 Å². The number of nitrogens with zero attached hydrogens (tertiary/aromatic N) is 1. The van der Waals surface area contributed by atoms with Crippen molar-refractivity contribution in [3.05, 3.63) is 22.4 Å². The van der Waals surface area contributed by atoms with Crippen molar-refractivity contribution >= 4 is 29.1 Å². The van der Waals surface area contributed by atoms with Gasteiger partial charge in [0.2, 0.25) is 0 Å². The third kappa shape index (κ3) is 5.33. The van der Waals surface area contributed by atoms with Crippen LogP contribution < -0.4 is 5.32 Å². The molecule has 0 saturated heterocycles. The summed E-state index contributed by atoms with van der Waals surface area (Å²) >= 11 is 1.30. The third-order valence-electron chi connectivity index (χ3n) is 4.17. The number of hydrogen-bond acceptors (Lipinski definition) is 5. The standard InChI is InChI=1S/C17H24N2O4S/c1-2-19(13-7-4-3-5-8-13)15(20)12-23-16(21)11-18-17(22)14-9-6-10-24-14/h6,9-10,13H,2-5,7-8,11-12H2,1H3,(H,18,22). The highest BCUT2D eigenvalue weighted by Crippen LogP contribution is 2.22. The number of rotatable bonds is 7. The van der Waals surface area contributed by atoms with Gasteiger partial charge in [0.1, 0.15) is 6.54 Å². The number of amides is 2. The van der Waals surface area contributed by atoms with Gasteiger partial charge < -0.3 is 15.0 Å². The van der Waals surface area contributed by atoms with Gasteiger partial charge in [0.25, 0.3) is 11.8 Å². The largest absolute Gasteiger partial charge is 0.454 e. The molecule has 0 aliphatic heterocycles. The minimum atomic E-state index is -0.604. The highest BCUT2D eigenvalue weighted by Gasteiger charge is 2.24. The van der Waals surface area contributed by atoms with Gasteiger partial charge in [-0.3, -0.25) is 14.4 Å². The molecule has 6 nitrogen and oxygen atoms in total. The first-order chi connectivity index (χ1) is 11.6. The molecule has 2 amide bonds. The Balaban J connectivity index is 1.71. The molecule has 1 aliphatic rings. The predicted molar refractivity (Wildman–Crippen MR) is 91.9 cm³/mol. The smallest absolute Gasteiger partial charge is 0.325 e. The molecule has 0 bridgehead atoms. The lowest BCUT2D eigenvalue weighted by Crippen LogP contribution is -2.43. The molecule has 24 heavy (non-hydrogen) atoms. The second-order valence-electron chi connectivity index (χ2n) is 5.79. The van der Waals surface area contributed by atoms with Gasteiger partial charge in [0.15, 0.2) is 6.61 Å². The normalized spacial score (nSPS) is 14.9. The molecule has 7 heteroatoms. The van der Waals surface area contributed by atoms with Crippen LogP contribution in [-0.4, -0.2) is 48.4 Å². The molecule has 1 aromatic rings. The minimum absolute atomic E-state index is 0.165. The zero-order valence-electron chi connectivity index (χ0n) is 14.0. The highest BCUT2D eigenvalue weighted by atomic mass is 32.1. The maximum Gasteiger partial charge on any atom is 0.325 e.